The van der Waals surface area contributed by atoms with Crippen LogP contribution in [0.2, 0.25) is 0 Å². The number of carbonyl (C=O) groups is 1. The summed E-state index contributed by atoms with van der Waals surface area (Å²) in [5, 5.41) is 8.41. The van der Waals surface area contributed by atoms with Crippen molar-refractivity contribution in [1.29, 1.82) is 0 Å². The fraction of sp³-hybridized carbons (Fsp3) is 0.300. The normalized spacial score (nSPS) is 13.5. The highest BCUT2D eigenvalue weighted by molar-refractivity contribution is 5.80. The number of benzene rings is 2. The van der Waals surface area contributed by atoms with Crippen molar-refractivity contribution in [2.45, 2.75) is 26.0 Å². The van der Waals surface area contributed by atoms with Crippen LogP contribution in [0.1, 0.15) is 13.3 Å². The Hall–Kier alpha value is -3.22. The number of para-hydroxylation sites is 1. The number of hydrogen-bond acceptors (Lipinski definition) is 5. The Morgan fingerprint density at radius 1 is 1.26 bits per heavy atom. The summed E-state index contributed by atoms with van der Waals surface area (Å²) >= 11 is 0. The molecular weight excluding hydrogens is 346 g/mol. The average molecular weight is 367 g/mol. The smallest absolute Gasteiger partial charge is 0.260 e. The summed E-state index contributed by atoms with van der Waals surface area (Å²) in [4.78, 5) is 12.2. The second-order valence-corrected chi connectivity index (χ2v) is 6.35. The van der Waals surface area contributed by atoms with E-state index in [9.17, 15) is 4.79 Å². The minimum Gasteiger partial charge on any atom is -0.481 e. The second kappa shape index (κ2) is 7.57. The van der Waals surface area contributed by atoms with Gasteiger partial charge in [-0.3, -0.25) is 9.48 Å². The van der Waals surface area contributed by atoms with Gasteiger partial charge in [0.05, 0.1) is 11.7 Å². The first-order valence-corrected chi connectivity index (χ1v) is 8.95. The lowest BCUT2D eigenvalue weighted by atomic mass is 10.2. The van der Waals surface area contributed by atoms with Gasteiger partial charge in [0, 0.05) is 24.5 Å². The van der Waals surface area contributed by atoms with Crippen molar-refractivity contribution < 1.29 is 19.0 Å². The van der Waals surface area contributed by atoms with Gasteiger partial charge >= 0.3 is 0 Å². The Morgan fingerprint density at radius 2 is 2.11 bits per heavy atom. The minimum atomic E-state index is -0.601. The number of aryl methyl sites for hydroxylation is 1. The van der Waals surface area contributed by atoms with Crippen molar-refractivity contribution in [1.82, 2.24) is 15.1 Å². The number of nitrogens with one attached hydrogen (secondary N) is 1. The van der Waals surface area contributed by atoms with Crippen LogP contribution >= 0.6 is 0 Å². The van der Waals surface area contributed by atoms with E-state index < -0.39 is 6.10 Å². The predicted molar refractivity (Wildman–Crippen MR) is 100 cm³/mol. The number of amides is 1. The zero-order valence-electron chi connectivity index (χ0n) is 15.1. The van der Waals surface area contributed by atoms with Crippen molar-refractivity contribution in [2.75, 3.05) is 13.3 Å². The molecule has 0 saturated heterocycles. The van der Waals surface area contributed by atoms with Crippen molar-refractivity contribution >= 4 is 16.8 Å². The van der Waals surface area contributed by atoms with E-state index in [1.54, 1.807) is 25.1 Å². The molecule has 0 fully saturated rings. The molecule has 1 amide bonds. The molecule has 3 aromatic rings. The minimum absolute atomic E-state index is 0.155. The van der Waals surface area contributed by atoms with E-state index >= 15 is 0 Å². The van der Waals surface area contributed by atoms with E-state index in [1.807, 2.05) is 35.1 Å². The second-order valence-electron chi connectivity index (χ2n) is 6.35. The summed E-state index contributed by atoms with van der Waals surface area (Å²) < 4.78 is 18.2. The summed E-state index contributed by atoms with van der Waals surface area (Å²) in [6, 6.07) is 13.3. The standard InChI is InChI=1S/C20H21N3O4/c1-14(27-16-7-8-18-19(11-16)26-13-25-18)20(24)21-9-4-10-23-17-6-3-2-5-15(17)12-22-23/h2-3,5-8,11-12,14H,4,9-10,13H2,1H3,(H,21,24). The zero-order valence-corrected chi connectivity index (χ0v) is 15.1. The highest BCUT2D eigenvalue weighted by Gasteiger charge is 2.18. The van der Waals surface area contributed by atoms with Gasteiger partial charge in [-0.1, -0.05) is 18.2 Å². The van der Waals surface area contributed by atoms with Crippen molar-refractivity contribution in [3.8, 4) is 17.2 Å². The van der Waals surface area contributed by atoms with E-state index in [0.717, 1.165) is 23.9 Å². The van der Waals surface area contributed by atoms with Crippen LogP contribution in [0.15, 0.2) is 48.7 Å². The Bertz CT molecular complexity index is 953. The third-order valence-corrected chi connectivity index (χ3v) is 4.42. The summed E-state index contributed by atoms with van der Waals surface area (Å²) in [5.74, 6) is 1.74. The van der Waals surface area contributed by atoms with Crippen LogP contribution in [0.5, 0.6) is 17.2 Å². The van der Waals surface area contributed by atoms with E-state index in [2.05, 4.69) is 10.4 Å². The highest BCUT2D eigenvalue weighted by atomic mass is 16.7. The van der Waals surface area contributed by atoms with Gasteiger partial charge in [-0.25, -0.2) is 0 Å². The Balaban J connectivity index is 1.24. The van der Waals surface area contributed by atoms with Gasteiger partial charge in [-0.15, -0.1) is 0 Å². The molecular formula is C20H21N3O4. The van der Waals surface area contributed by atoms with Gasteiger partial charge < -0.3 is 19.5 Å². The molecule has 1 atom stereocenters. The molecule has 7 nitrogen and oxygen atoms in total. The number of fused-ring (bicyclic) bond motifs is 2. The summed E-state index contributed by atoms with van der Waals surface area (Å²) in [7, 11) is 0. The average Bonchev–Trinajstić information content (AvgIpc) is 3.31. The summed E-state index contributed by atoms with van der Waals surface area (Å²) in [6.07, 6.45) is 2.04. The lowest BCUT2D eigenvalue weighted by Gasteiger charge is -2.15. The lowest BCUT2D eigenvalue weighted by molar-refractivity contribution is -0.127. The van der Waals surface area contributed by atoms with Gasteiger partial charge in [-0.05, 0) is 31.5 Å². The molecule has 1 aliphatic rings. The van der Waals surface area contributed by atoms with E-state index in [1.165, 1.54) is 0 Å². The lowest BCUT2D eigenvalue weighted by Crippen LogP contribution is -2.37. The number of rotatable bonds is 7. The molecule has 0 bridgehead atoms. The van der Waals surface area contributed by atoms with E-state index in [-0.39, 0.29) is 12.7 Å². The monoisotopic (exact) mass is 367 g/mol. The molecule has 2 aromatic carbocycles. The molecule has 0 saturated carbocycles. The van der Waals surface area contributed by atoms with Gasteiger partial charge in [0.15, 0.2) is 17.6 Å². The molecule has 1 N–H and O–H groups in total. The topological polar surface area (TPSA) is 74.6 Å². The molecule has 27 heavy (non-hydrogen) atoms. The quantitative estimate of drug-likeness (QED) is 0.650. The summed E-state index contributed by atoms with van der Waals surface area (Å²) in [6.45, 7) is 3.23. The first-order chi connectivity index (χ1) is 13.2. The van der Waals surface area contributed by atoms with Crippen LogP contribution in [0, 0.1) is 0 Å². The molecule has 1 aliphatic heterocycles. The largest absolute Gasteiger partial charge is 0.481 e. The van der Waals surface area contributed by atoms with Crippen molar-refractivity contribution in [3.63, 3.8) is 0 Å². The molecule has 140 valence electrons. The molecule has 2 heterocycles. The fourth-order valence-corrected chi connectivity index (χ4v) is 3.00. The molecule has 0 spiro atoms. The maximum atomic E-state index is 12.2. The van der Waals surface area contributed by atoms with Crippen molar-refractivity contribution in [3.05, 3.63) is 48.7 Å². The predicted octanol–water partition coefficient (Wildman–Crippen LogP) is 2.74. The third kappa shape index (κ3) is 3.81. The van der Waals surface area contributed by atoms with Gasteiger partial charge in [0.2, 0.25) is 6.79 Å². The van der Waals surface area contributed by atoms with Crippen molar-refractivity contribution in [2.24, 2.45) is 0 Å². The fourth-order valence-electron chi connectivity index (χ4n) is 3.00. The number of aromatic nitrogens is 2. The SMILES string of the molecule is CC(Oc1ccc2c(c1)OCO2)C(=O)NCCCn1ncc2ccccc21. The van der Waals surface area contributed by atoms with Crippen LogP contribution in [-0.2, 0) is 11.3 Å². The Kier molecular flexibility index (Phi) is 4.82. The van der Waals surface area contributed by atoms with E-state index in [4.69, 9.17) is 14.2 Å². The third-order valence-electron chi connectivity index (χ3n) is 4.42. The number of ether oxygens (including phenoxy) is 3. The van der Waals surface area contributed by atoms with Crippen LogP contribution in [0.4, 0.5) is 0 Å². The molecule has 4 rings (SSSR count). The number of carbonyl (C=O) groups excluding carboxylic acids is 1. The molecule has 0 radical (unpaired) electrons. The molecule has 7 heteroatoms. The zero-order chi connectivity index (χ0) is 18.6. The maximum Gasteiger partial charge on any atom is 0.260 e. The molecule has 1 unspecified atom stereocenters. The Morgan fingerprint density at radius 3 is 3.04 bits per heavy atom. The molecule has 0 aliphatic carbocycles. The maximum absolute atomic E-state index is 12.2. The van der Waals surface area contributed by atoms with Crippen LogP contribution < -0.4 is 19.5 Å². The molecule has 1 aromatic heterocycles. The van der Waals surface area contributed by atoms with E-state index in [0.29, 0.717) is 23.8 Å². The Labute approximate surface area is 156 Å². The first-order valence-electron chi connectivity index (χ1n) is 8.95. The number of nitrogens with zero attached hydrogens (tertiary/aromatic N) is 2. The van der Waals surface area contributed by atoms with Crippen LogP contribution in [0.3, 0.4) is 0 Å². The summed E-state index contributed by atoms with van der Waals surface area (Å²) in [5.41, 5.74) is 1.10. The van der Waals surface area contributed by atoms with Crippen LogP contribution in [-0.4, -0.2) is 35.1 Å². The highest BCUT2D eigenvalue weighted by Crippen LogP contribution is 2.35. The van der Waals surface area contributed by atoms with Gasteiger partial charge in [0.25, 0.3) is 5.91 Å². The van der Waals surface area contributed by atoms with Crippen LogP contribution in [0.25, 0.3) is 10.9 Å². The van der Waals surface area contributed by atoms with Gasteiger partial charge in [0.1, 0.15) is 5.75 Å². The first kappa shape index (κ1) is 17.2. The van der Waals surface area contributed by atoms with Gasteiger partial charge in [-0.2, -0.15) is 5.10 Å². The number of hydrogen-bond donors (Lipinski definition) is 1.